The van der Waals surface area contributed by atoms with Crippen molar-refractivity contribution in [2.45, 2.75) is 37.7 Å². The first-order valence-electron chi connectivity index (χ1n) is 8.16. The highest BCUT2D eigenvalue weighted by Gasteiger charge is 2.31. The lowest BCUT2D eigenvalue weighted by Crippen LogP contribution is -2.43. The van der Waals surface area contributed by atoms with E-state index in [0.29, 0.717) is 5.92 Å². The van der Waals surface area contributed by atoms with E-state index in [1.165, 1.54) is 0 Å². The third-order valence-electron chi connectivity index (χ3n) is 4.81. The highest BCUT2D eigenvalue weighted by atomic mass is 16.5. The third kappa shape index (κ3) is 2.50. The van der Waals surface area contributed by atoms with Crippen LogP contribution in [0.15, 0.2) is 24.3 Å². The fourth-order valence-corrected chi connectivity index (χ4v) is 3.52. The smallest absolute Gasteiger partial charge is 0.251 e. The van der Waals surface area contributed by atoms with Crippen LogP contribution in [-0.2, 0) is 9.53 Å². The minimum atomic E-state index is -0.192. The highest BCUT2D eigenvalue weighted by molar-refractivity contribution is 5.81. The van der Waals surface area contributed by atoms with Gasteiger partial charge in [-0.3, -0.25) is 4.79 Å². The molecule has 2 aromatic rings. The molecule has 2 aliphatic heterocycles. The maximum absolute atomic E-state index is 12.4. The lowest BCUT2D eigenvalue weighted by Gasteiger charge is -2.32. The molecule has 1 aromatic heterocycles. The summed E-state index contributed by atoms with van der Waals surface area (Å²) in [5, 5.41) is 0. The number of imidazole rings is 1. The topological polar surface area (TPSA) is 58.2 Å². The largest absolute Gasteiger partial charge is 0.368 e. The first-order chi connectivity index (χ1) is 10.8. The van der Waals surface area contributed by atoms with Crippen molar-refractivity contribution in [3.8, 4) is 0 Å². The number of aromatic nitrogens is 2. The van der Waals surface area contributed by atoms with Gasteiger partial charge in [0.05, 0.1) is 11.0 Å². The van der Waals surface area contributed by atoms with Crippen molar-refractivity contribution >= 4 is 16.9 Å². The molecule has 2 aliphatic rings. The van der Waals surface area contributed by atoms with E-state index >= 15 is 0 Å². The third-order valence-corrected chi connectivity index (χ3v) is 4.81. The van der Waals surface area contributed by atoms with Crippen LogP contribution in [0, 0.1) is 0 Å². The molecule has 0 saturated carbocycles. The van der Waals surface area contributed by atoms with Gasteiger partial charge in [0.1, 0.15) is 11.9 Å². The van der Waals surface area contributed by atoms with Gasteiger partial charge in [0.25, 0.3) is 5.91 Å². The van der Waals surface area contributed by atoms with Gasteiger partial charge in [0.2, 0.25) is 0 Å². The van der Waals surface area contributed by atoms with Crippen LogP contribution in [-0.4, -0.2) is 46.6 Å². The van der Waals surface area contributed by atoms with Crippen LogP contribution in [0.5, 0.6) is 0 Å². The molecule has 22 heavy (non-hydrogen) atoms. The van der Waals surface area contributed by atoms with Gasteiger partial charge in [-0.1, -0.05) is 12.1 Å². The summed E-state index contributed by atoms with van der Waals surface area (Å²) in [6, 6.07) is 8.12. The standard InChI is InChI=1S/C17H21N3O2/c21-17(15-6-3-11-22-15)20-9-7-12(8-10-20)16-18-13-4-1-2-5-14(13)19-16/h1-2,4-5,12,15H,3,6-11H2,(H,18,19)/t15-/m0/s1. The van der Waals surface area contributed by atoms with Crippen LogP contribution in [0.2, 0.25) is 0 Å². The number of hydrogen-bond donors (Lipinski definition) is 1. The van der Waals surface area contributed by atoms with Gasteiger partial charge in [-0.2, -0.15) is 0 Å². The van der Waals surface area contributed by atoms with E-state index in [1.54, 1.807) is 0 Å². The number of nitrogens with zero attached hydrogens (tertiary/aromatic N) is 2. The fraction of sp³-hybridized carbons (Fsp3) is 0.529. The molecule has 0 spiro atoms. The van der Waals surface area contributed by atoms with Crippen molar-refractivity contribution in [3.05, 3.63) is 30.1 Å². The first-order valence-corrected chi connectivity index (χ1v) is 8.16. The summed E-state index contributed by atoms with van der Waals surface area (Å²) in [5.41, 5.74) is 2.12. The number of fused-ring (bicyclic) bond motifs is 1. The van der Waals surface area contributed by atoms with Crippen molar-refractivity contribution in [1.82, 2.24) is 14.9 Å². The quantitative estimate of drug-likeness (QED) is 0.926. The Morgan fingerprint density at radius 2 is 2.05 bits per heavy atom. The normalized spacial score (nSPS) is 23.3. The minimum absolute atomic E-state index is 0.181. The summed E-state index contributed by atoms with van der Waals surface area (Å²) in [5.74, 6) is 1.66. The van der Waals surface area contributed by atoms with Gasteiger partial charge in [0, 0.05) is 25.6 Å². The fourth-order valence-electron chi connectivity index (χ4n) is 3.52. The van der Waals surface area contributed by atoms with Gasteiger partial charge in [-0.15, -0.1) is 0 Å². The zero-order valence-corrected chi connectivity index (χ0v) is 12.6. The number of H-pyrrole nitrogens is 1. The number of ether oxygens (including phenoxy) is 1. The van der Waals surface area contributed by atoms with Crippen LogP contribution in [0.3, 0.4) is 0 Å². The number of rotatable bonds is 2. The van der Waals surface area contributed by atoms with E-state index in [4.69, 9.17) is 9.72 Å². The van der Waals surface area contributed by atoms with E-state index in [0.717, 1.165) is 62.2 Å². The summed E-state index contributed by atoms with van der Waals surface area (Å²) in [4.78, 5) is 22.5. The van der Waals surface area contributed by atoms with Crippen LogP contribution < -0.4 is 0 Å². The summed E-state index contributed by atoms with van der Waals surface area (Å²) < 4.78 is 5.51. The Morgan fingerprint density at radius 3 is 2.77 bits per heavy atom. The Labute approximate surface area is 129 Å². The number of nitrogens with one attached hydrogen (secondary N) is 1. The van der Waals surface area contributed by atoms with E-state index < -0.39 is 0 Å². The van der Waals surface area contributed by atoms with Gasteiger partial charge in [-0.05, 0) is 37.8 Å². The Kier molecular flexibility index (Phi) is 3.58. The summed E-state index contributed by atoms with van der Waals surface area (Å²) in [6.07, 6.45) is 3.63. The number of carbonyl (C=O) groups is 1. The molecule has 116 valence electrons. The molecule has 1 amide bonds. The number of carbonyl (C=O) groups excluding carboxylic acids is 1. The molecule has 0 aliphatic carbocycles. The Balaban J connectivity index is 1.41. The highest BCUT2D eigenvalue weighted by Crippen LogP contribution is 2.28. The summed E-state index contributed by atoms with van der Waals surface area (Å²) >= 11 is 0. The second-order valence-corrected chi connectivity index (χ2v) is 6.24. The van der Waals surface area contributed by atoms with Crippen LogP contribution in [0.4, 0.5) is 0 Å². The second-order valence-electron chi connectivity index (χ2n) is 6.24. The lowest BCUT2D eigenvalue weighted by molar-refractivity contribution is -0.142. The van der Waals surface area contributed by atoms with Gasteiger partial charge in [-0.25, -0.2) is 4.98 Å². The second kappa shape index (κ2) is 5.72. The average Bonchev–Trinajstić information content (AvgIpc) is 3.23. The van der Waals surface area contributed by atoms with Gasteiger partial charge >= 0.3 is 0 Å². The predicted octanol–water partition coefficient (Wildman–Crippen LogP) is 2.45. The van der Waals surface area contributed by atoms with Crippen molar-refractivity contribution in [1.29, 1.82) is 0 Å². The maximum atomic E-state index is 12.4. The van der Waals surface area contributed by atoms with Gasteiger partial charge in [0.15, 0.2) is 0 Å². The number of amides is 1. The summed E-state index contributed by atoms with van der Waals surface area (Å²) in [7, 11) is 0. The van der Waals surface area contributed by atoms with Gasteiger partial charge < -0.3 is 14.6 Å². The molecule has 0 radical (unpaired) electrons. The molecular formula is C17H21N3O2. The molecular weight excluding hydrogens is 278 g/mol. The zero-order valence-electron chi connectivity index (χ0n) is 12.6. The molecule has 1 N–H and O–H groups in total. The number of piperidine rings is 1. The predicted molar refractivity (Wildman–Crippen MR) is 83.6 cm³/mol. The minimum Gasteiger partial charge on any atom is -0.368 e. The molecule has 1 aromatic carbocycles. The van der Waals surface area contributed by atoms with Crippen molar-refractivity contribution in [3.63, 3.8) is 0 Å². The average molecular weight is 299 g/mol. The van der Waals surface area contributed by atoms with Crippen LogP contribution in [0.25, 0.3) is 11.0 Å². The van der Waals surface area contributed by atoms with E-state index in [9.17, 15) is 4.79 Å². The number of benzene rings is 1. The van der Waals surface area contributed by atoms with Crippen molar-refractivity contribution in [2.75, 3.05) is 19.7 Å². The van der Waals surface area contributed by atoms with Crippen LogP contribution in [0.1, 0.15) is 37.4 Å². The first kappa shape index (κ1) is 13.8. The van der Waals surface area contributed by atoms with E-state index in [2.05, 4.69) is 11.1 Å². The number of para-hydroxylation sites is 2. The Morgan fingerprint density at radius 1 is 1.23 bits per heavy atom. The molecule has 1 atom stereocenters. The summed E-state index contributed by atoms with van der Waals surface area (Å²) in [6.45, 7) is 2.34. The molecule has 0 unspecified atom stereocenters. The zero-order chi connectivity index (χ0) is 14.9. The van der Waals surface area contributed by atoms with Crippen LogP contribution >= 0.6 is 0 Å². The van der Waals surface area contributed by atoms with E-state index in [1.807, 2.05) is 23.1 Å². The molecule has 2 saturated heterocycles. The number of aromatic amines is 1. The lowest BCUT2D eigenvalue weighted by atomic mass is 9.95. The SMILES string of the molecule is O=C([C@@H]1CCCO1)N1CCC(c2nc3ccccc3[nH]2)CC1. The molecule has 0 bridgehead atoms. The number of likely N-dealkylation sites (tertiary alicyclic amines) is 1. The monoisotopic (exact) mass is 299 g/mol. The molecule has 5 heteroatoms. The maximum Gasteiger partial charge on any atom is 0.251 e. The number of hydrogen-bond acceptors (Lipinski definition) is 3. The molecule has 5 nitrogen and oxygen atoms in total. The molecule has 4 rings (SSSR count). The van der Waals surface area contributed by atoms with Crippen molar-refractivity contribution < 1.29 is 9.53 Å². The van der Waals surface area contributed by atoms with E-state index in [-0.39, 0.29) is 12.0 Å². The molecule has 2 fully saturated rings. The van der Waals surface area contributed by atoms with Crippen molar-refractivity contribution in [2.24, 2.45) is 0 Å². The molecule has 3 heterocycles. The Hall–Kier alpha value is -1.88. The Bertz CT molecular complexity index is 634.